The number of hydrogen-bond donors (Lipinski definition) is 1. The smallest absolute Gasteiger partial charge is 0.262 e. The third kappa shape index (κ3) is 4.16. The van der Waals surface area contributed by atoms with Gasteiger partial charge >= 0.3 is 0 Å². The predicted molar refractivity (Wildman–Crippen MR) is 115 cm³/mol. The lowest BCUT2D eigenvalue weighted by molar-refractivity contribution is -0.118. The van der Waals surface area contributed by atoms with Crippen molar-refractivity contribution in [3.63, 3.8) is 0 Å². The van der Waals surface area contributed by atoms with Gasteiger partial charge in [-0.15, -0.1) is 0 Å². The maximum absolute atomic E-state index is 12.5. The maximum Gasteiger partial charge on any atom is 0.262 e. The third-order valence-electron chi connectivity index (χ3n) is 4.59. The van der Waals surface area contributed by atoms with Gasteiger partial charge in [-0.1, -0.05) is 48.0 Å². The number of carbonyl (C=O) groups is 3. The second-order valence-corrected chi connectivity index (χ2v) is 7.11. The third-order valence-corrected chi connectivity index (χ3v) is 4.85. The summed E-state index contributed by atoms with van der Waals surface area (Å²) >= 11 is 5.82. The molecule has 0 spiro atoms. The SMILES string of the molecule is O=C(COc1ccc(C=C2C(=O)c3ccccc3C2=O)cc1)Nc1ccc(Cl)cc1. The van der Waals surface area contributed by atoms with Gasteiger partial charge in [-0.05, 0) is 48.0 Å². The number of carbonyl (C=O) groups excluding carboxylic acids is 3. The van der Waals surface area contributed by atoms with E-state index in [1.165, 1.54) is 0 Å². The number of amides is 1. The Morgan fingerprint density at radius 1 is 0.867 bits per heavy atom. The van der Waals surface area contributed by atoms with Gasteiger partial charge in [0.25, 0.3) is 5.91 Å². The average Bonchev–Trinajstić information content (AvgIpc) is 3.00. The van der Waals surface area contributed by atoms with Crippen molar-refractivity contribution in [2.75, 3.05) is 11.9 Å². The Kier molecular flexibility index (Phi) is 5.46. The second kappa shape index (κ2) is 8.35. The molecule has 1 amide bonds. The van der Waals surface area contributed by atoms with Gasteiger partial charge < -0.3 is 10.1 Å². The number of halogens is 1. The lowest BCUT2D eigenvalue weighted by Crippen LogP contribution is -2.20. The van der Waals surface area contributed by atoms with Crippen LogP contribution in [0.3, 0.4) is 0 Å². The highest BCUT2D eigenvalue weighted by molar-refractivity contribution is 6.41. The molecule has 3 aromatic carbocycles. The average molecular weight is 418 g/mol. The summed E-state index contributed by atoms with van der Waals surface area (Å²) in [6.45, 7) is -0.157. The summed E-state index contributed by atoms with van der Waals surface area (Å²) in [5.74, 6) is -0.344. The number of anilines is 1. The van der Waals surface area contributed by atoms with Gasteiger partial charge in [-0.3, -0.25) is 14.4 Å². The van der Waals surface area contributed by atoms with Crippen molar-refractivity contribution in [1.82, 2.24) is 0 Å². The maximum atomic E-state index is 12.5. The number of fused-ring (bicyclic) bond motifs is 1. The number of Topliss-reactive ketones (excluding diaryl/α,β-unsaturated/α-hetero) is 2. The van der Waals surface area contributed by atoms with E-state index in [2.05, 4.69) is 5.32 Å². The topological polar surface area (TPSA) is 72.5 Å². The lowest BCUT2D eigenvalue weighted by atomic mass is 10.1. The standard InChI is InChI=1S/C24H16ClNO4/c25-16-7-9-17(10-8-16)26-22(27)14-30-18-11-5-15(6-12-18)13-21-23(28)19-3-1-2-4-20(19)24(21)29/h1-13H,14H2,(H,26,27). The minimum absolute atomic E-state index is 0.146. The van der Waals surface area contributed by atoms with Gasteiger partial charge in [0.2, 0.25) is 0 Å². The number of hydrogen-bond acceptors (Lipinski definition) is 4. The van der Waals surface area contributed by atoms with E-state index in [9.17, 15) is 14.4 Å². The molecule has 5 nitrogen and oxygen atoms in total. The monoisotopic (exact) mass is 417 g/mol. The summed E-state index contributed by atoms with van der Waals surface area (Å²) in [4.78, 5) is 36.9. The van der Waals surface area contributed by atoms with Crippen LogP contribution >= 0.6 is 11.6 Å². The van der Waals surface area contributed by atoms with Crippen molar-refractivity contribution >= 4 is 40.8 Å². The first-order valence-corrected chi connectivity index (χ1v) is 9.57. The first-order chi connectivity index (χ1) is 14.5. The van der Waals surface area contributed by atoms with E-state index in [0.29, 0.717) is 33.1 Å². The minimum atomic E-state index is -0.302. The highest BCUT2D eigenvalue weighted by Crippen LogP contribution is 2.28. The first-order valence-electron chi connectivity index (χ1n) is 9.20. The summed E-state index contributed by atoms with van der Waals surface area (Å²) < 4.78 is 5.49. The Balaban J connectivity index is 1.38. The molecule has 6 heteroatoms. The van der Waals surface area contributed by atoms with Gasteiger partial charge in [0.05, 0.1) is 5.57 Å². The molecule has 1 aliphatic rings. The molecule has 0 saturated heterocycles. The van der Waals surface area contributed by atoms with Crippen molar-refractivity contribution in [1.29, 1.82) is 0 Å². The van der Waals surface area contributed by atoms with E-state index >= 15 is 0 Å². The molecule has 3 aromatic rings. The van der Waals surface area contributed by atoms with Crippen LogP contribution in [0.4, 0.5) is 5.69 Å². The number of allylic oxidation sites excluding steroid dienone is 1. The normalized spacial score (nSPS) is 12.5. The van der Waals surface area contributed by atoms with Crippen molar-refractivity contribution in [3.05, 3.63) is 100 Å². The Labute approximate surface area is 177 Å². The fourth-order valence-corrected chi connectivity index (χ4v) is 3.24. The zero-order valence-corrected chi connectivity index (χ0v) is 16.5. The van der Waals surface area contributed by atoms with Crippen molar-refractivity contribution < 1.29 is 19.1 Å². The fourth-order valence-electron chi connectivity index (χ4n) is 3.11. The molecule has 1 N–H and O–H groups in total. The van der Waals surface area contributed by atoms with Crippen LogP contribution in [0.2, 0.25) is 5.02 Å². The zero-order valence-electron chi connectivity index (χ0n) is 15.7. The molecule has 148 valence electrons. The van der Waals surface area contributed by atoms with Gasteiger partial charge in [0.1, 0.15) is 5.75 Å². The molecule has 0 radical (unpaired) electrons. The van der Waals surface area contributed by atoms with Crippen molar-refractivity contribution in [2.45, 2.75) is 0 Å². The molecule has 0 bridgehead atoms. The summed E-state index contributed by atoms with van der Waals surface area (Å²) in [5, 5.41) is 3.30. The fraction of sp³-hybridized carbons (Fsp3) is 0.0417. The Bertz CT molecular complexity index is 1130. The van der Waals surface area contributed by atoms with Crippen LogP contribution < -0.4 is 10.1 Å². The summed E-state index contributed by atoms with van der Waals surface area (Å²) in [6, 6.07) is 20.4. The van der Waals surface area contributed by atoms with Gasteiger partial charge in [0.15, 0.2) is 18.2 Å². The lowest BCUT2D eigenvalue weighted by Gasteiger charge is -2.08. The number of benzene rings is 3. The molecule has 0 fully saturated rings. The largest absolute Gasteiger partial charge is 0.484 e. The van der Waals surface area contributed by atoms with Crippen LogP contribution in [-0.4, -0.2) is 24.1 Å². The van der Waals surface area contributed by atoms with Crippen LogP contribution in [0.1, 0.15) is 26.3 Å². The number of nitrogens with one attached hydrogen (secondary N) is 1. The second-order valence-electron chi connectivity index (χ2n) is 6.67. The quantitative estimate of drug-likeness (QED) is 0.477. The van der Waals surface area contributed by atoms with E-state index < -0.39 is 0 Å². The molecule has 1 aliphatic carbocycles. The summed E-state index contributed by atoms with van der Waals surface area (Å²) in [6.07, 6.45) is 1.57. The van der Waals surface area contributed by atoms with Gasteiger partial charge in [-0.25, -0.2) is 0 Å². The molecule has 0 aromatic heterocycles. The molecule has 0 unspecified atom stereocenters. The van der Waals surface area contributed by atoms with Crippen molar-refractivity contribution in [2.24, 2.45) is 0 Å². The highest BCUT2D eigenvalue weighted by Gasteiger charge is 2.32. The van der Waals surface area contributed by atoms with Crippen LogP contribution in [-0.2, 0) is 4.79 Å². The van der Waals surface area contributed by atoms with Gasteiger partial charge in [0, 0.05) is 21.8 Å². The summed E-state index contributed by atoms with van der Waals surface area (Å²) in [5.41, 5.74) is 2.33. The van der Waals surface area contributed by atoms with Crippen LogP contribution in [0.15, 0.2) is 78.4 Å². The zero-order chi connectivity index (χ0) is 21.1. The Morgan fingerprint density at radius 3 is 2.07 bits per heavy atom. The van der Waals surface area contributed by atoms with E-state index in [-0.39, 0.29) is 29.7 Å². The number of ether oxygens (including phenoxy) is 1. The Morgan fingerprint density at radius 2 is 1.47 bits per heavy atom. The van der Waals surface area contributed by atoms with E-state index in [1.807, 2.05) is 0 Å². The molecule has 30 heavy (non-hydrogen) atoms. The van der Waals surface area contributed by atoms with Gasteiger partial charge in [-0.2, -0.15) is 0 Å². The van der Waals surface area contributed by atoms with E-state index in [4.69, 9.17) is 16.3 Å². The Hall–Kier alpha value is -3.70. The first kappa shape index (κ1) is 19.6. The van der Waals surface area contributed by atoms with Crippen molar-refractivity contribution in [3.8, 4) is 5.75 Å². The molecule has 0 aliphatic heterocycles. The predicted octanol–water partition coefficient (Wildman–Crippen LogP) is 4.82. The molecule has 0 heterocycles. The molecular weight excluding hydrogens is 402 g/mol. The number of rotatable bonds is 5. The van der Waals surface area contributed by atoms with Crippen LogP contribution in [0.5, 0.6) is 5.75 Å². The number of ketones is 2. The minimum Gasteiger partial charge on any atom is -0.484 e. The molecule has 0 saturated carbocycles. The van der Waals surface area contributed by atoms with E-state index in [0.717, 1.165) is 0 Å². The van der Waals surface area contributed by atoms with E-state index in [1.54, 1.807) is 78.9 Å². The van der Waals surface area contributed by atoms with Crippen LogP contribution in [0.25, 0.3) is 6.08 Å². The molecular formula is C24H16ClNO4. The molecule has 4 rings (SSSR count). The molecule has 0 atom stereocenters. The highest BCUT2D eigenvalue weighted by atomic mass is 35.5. The summed E-state index contributed by atoms with van der Waals surface area (Å²) in [7, 11) is 0. The van der Waals surface area contributed by atoms with Crippen LogP contribution in [0, 0.1) is 0 Å².